The van der Waals surface area contributed by atoms with Gasteiger partial charge < -0.3 is 20.1 Å². The average Bonchev–Trinajstić information content (AvgIpc) is 2.31. The summed E-state index contributed by atoms with van der Waals surface area (Å²) < 4.78 is 11.1. The van der Waals surface area contributed by atoms with Crippen LogP contribution in [-0.4, -0.2) is 48.9 Å². The van der Waals surface area contributed by atoms with E-state index in [1.54, 1.807) is 4.90 Å². The molecule has 2 saturated heterocycles. The summed E-state index contributed by atoms with van der Waals surface area (Å²) in [5, 5.41) is 0. The van der Waals surface area contributed by atoms with Gasteiger partial charge in [0.05, 0.1) is 6.61 Å². The molecule has 0 radical (unpaired) electrons. The van der Waals surface area contributed by atoms with Crippen LogP contribution in [0.3, 0.4) is 0 Å². The lowest BCUT2D eigenvalue weighted by atomic mass is 9.72. The van der Waals surface area contributed by atoms with Gasteiger partial charge in [-0.05, 0) is 40.0 Å². The van der Waals surface area contributed by atoms with Crippen molar-refractivity contribution in [2.24, 2.45) is 11.1 Å². The van der Waals surface area contributed by atoms with Gasteiger partial charge in [0, 0.05) is 31.2 Å². The molecule has 0 aromatic carbocycles. The van der Waals surface area contributed by atoms with Gasteiger partial charge in [-0.25, -0.2) is 4.79 Å². The molecule has 110 valence electrons. The number of nitrogens with two attached hydrogens (primary N) is 1. The maximum absolute atomic E-state index is 12.2. The smallest absolute Gasteiger partial charge is 0.410 e. The third-order valence-electron chi connectivity index (χ3n) is 4.01. The van der Waals surface area contributed by atoms with Crippen LogP contribution in [0.5, 0.6) is 0 Å². The predicted octanol–water partition coefficient (Wildman–Crippen LogP) is 1.75. The van der Waals surface area contributed by atoms with Gasteiger partial charge in [-0.3, -0.25) is 0 Å². The number of ether oxygens (including phenoxy) is 2. The van der Waals surface area contributed by atoms with Crippen molar-refractivity contribution in [2.75, 3.05) is 26.3 Å². The second-order valence-corrected chi connectivity index (χ2v) is 6.82. The van der Waals surface area contributed by atoms with E-state index >= 15 is 0 Å². The van der Waals surface area contributed by atoms with Crippen molar-refractivity contribution < 1.29 is 14.3 Å². The second kappa shape index (κ2) is 5.29. The van der Waals surface area contributed by atoms with Crippen LogP contribution in [0.1, 0.15) is 40.0 Å². The number of nitrogens with zero attached hydrogens (tertiary/aromatic N) is 1. The van der Waals surface area contributed by atoms with Crippen molar-refractivity contribution in [2.45, 2.75) is 51.7 Å². The van der Waals surface area contributed by atoms with Crippen molar-refractivity contribution in [3.8, 4) is 0 Å². The highest BCUT2D eigenvalue weighted by molar-refractivity contribution is 5.68. The first-order chi connectivity index (χ1) is 8.82. The predicted molar refractivity (Wildman–Crippen MR) is 72.9 cm³/mol. The SMILES string of the molecule is CC(C)(C)OC(=O)N1CCCC2(COCCC2N)C1. The Morgan fingerprint density at radius 1 is 1.47 bits per heavy atom. The Labute approximate surface area is 115 Å². The molecular weight excluding hydrogens is 244 g/mol. The molecule has 0 aromatic heterocycles. The molecule has 2 N–H and O–H groups in total. The number of amides is 1. The van der Waals surface area contributed by atoms with E-state index in [9.17, 15) is 4.79 Å². The summed E-state index contributed by atoms with van der Waals surface area (Å²) in [6.07, 6.45) is 2.65. The number of carbonyl (C=O) groups excluding carboxylic acids is 1. The van der Waals surface area contributed by atoms with E-state index in [0.717, 1.165) is 32.4 Å². The highest BCUT2D eigenvalue weighted by Gasteiger charge is 2.44. The zero-order valence-electron chi connectivity index (χ0n) is 12.3. The summed E-state index contributed by atoms with van der Waals surface area (Å²) in [5.74, 6) is 0. The van der Waals surface area contributed by atoms with E-state index in [2.05, 4.69) is 0 Å². The molecule has 2 unspecified atom stereocenters. The summed E-state index contributed by atoms with van der Waals surface area (Å²) >= 11 is 0. The fourth-order valence-electron chi connectivity index (χ4n) is 2.96. The van der Waals surface area contributed by atoms with Crippen molar-refractivity contribution in [1.82, 2.24) is 4.90 Å². The minimum Gasteiger partial charge on any atom is -0.444 e. The Morgan fingerprint density at radius 3 is 2.84 bits per heavy atom. The molecule has 2 aliphatic rings. The molecule has 5 heteroatoms. The Balaban J connectivity index is 2.02. The van der Waals surface area contributed by atoms with Crippen LogP contribution in [0.15, 0.2) is 0 Å². The first-order valence-electron chi connectivity index (χ1n) is 7.14. The van der Waals surface area contributed by atoms with Gasteiger partial charge in [0.2, 0.25) is 0 Å². The molecule has 0 aromatic rings. The van der Waals surface area contributed by atoms with Gasteiger partial charge in [-0.15, -0.1) is 0 Å². The Morgan fingerprint density at radius 2 is 2.21 bits per heavy atom. The minimum atomic E-state index is -0.452. The molecule has 19 heavy (non-hydrogen) atoms. The number of rotatable bonds is 0. The van der Waals surface area contributed by atoms with E-state index in [4.69, 9.17) is 15.2 Å². The quantitative estimate of drug-likeness (QED) is 0.728. The third kappa shape index (κ3) is 3.39. The number of carbonyl (C=O) groups is 1. The zero-order chi connectivity index (χ0) is 14.1. The first kappa shape index (κ1) is 14.6. The lowest BCUT2D eigenvalue weighted by molar-refractivity contribution is -0.0655. The largest absolute Gasteiger partial charge is 0.444 e. The molecule has 2 fully saturated rings. The lowest BCUT2D eigenvalue weighted by Gasteiger charge is -2.48. The molecule has 2 atom stereocenters. The van der Waals surface area contributed by atoms with Gasteiger partial charge in [0.1, 0.15) is 5.60 Å². The number of hydrogen-bond donors (Lipinski definition) is 1. The van der Waals surface area contributed by atoms with E-state index < -0.39 is 5.60 Å². The molecule has 5 nitrogen and oxygen atoms in total. The molecule has 2 aliphatic heterocycles. The van der Waals surface area contributed by atoms with Crippen LogP contribution in [-0.2, 0) is 9.47 Å². The standard InChI is InChI=1S/C14H26N2O3/c1-13(2,3)19-12(17)16-7-4-6-14(9-16)10-18-8-5-11(14)15/h11H,4-10,15H2,1-3H3. The topological polar surface area (TPSA) is 64.8 Å². The van der Waals surface area contributed by atoms with Gasteiger partial charge >= 0.3 is 6.09 Å². The van der Waals surface area contributed by atoms with Crippen LogP contribution in [0, 0.1) is 5.41 Å². The van der Waals surface area contributed by atoms with Crippen molar-refractivity contribution in [3.63, 3.8) is 0 Å². The van der Waals surface area contributed by atoms with E-state index in [1.165, 1.54) is 0 Å². The molecule has 0 bridgehead atoms. The molecule has 2 heterocycles. The molecule has 0 saturated carbocycles. The number of piperidine rings is 1. The summed E-state index contributed by atoms with van der Waals surface area (Å²) in [6, 6.07) is 0.117. The lowest BCUT2D eigenvalue weighted by Crippen LogP contribution is -2.59. The highest BCUT2D eigenvalue weighted by Crippen LogP contribution is 2.37. The molecule has 1 spiro atoms. The van der Waals surface area contributed by atoms with Crippen molar-refractivity contribution >= 4 is 6.09 Å². The van der Waals surface area contributed by atoms with E-state index in [-0.39, 0.29) is 17.6 Å². The van der Waals surface area contributed by atoms with Crippen LogP contribution in [0.4, 0.5) is 4.79 Å². The fraction of sp³-hybridized carbons (Fsp3) is 0.929. The Kier molecular flexibility index (Phi) is 4.06. The summed E-state index contributed by atoms with van der Waals surface area (Å²) in [5.41, 5.74) is 5.75. The van der Waals surface area contributed by atoms with Crippen LogP contribution < -0.4 is 5.73 Å². The summed E-state index contributed by atoms with van der Waals surface area (Å²) in [4.78, 5) is 14.0. The Bertz CT molecular complexity index is 336. The third-order valence-corrected chi connectivity index (χ3v) is 4.01. The second-order valence-electron chi connectivity index (χ2n) is 6.82. The van der Waals surface area contributed by atoms with E-state index in [0.29, 0.717) is 13.2 Å². The van der Waals surface area contributed by atoms with Crippen molar-refractivity contribution in [3.05, 3.63) is 0 Å². The Hall–Kier alpha value is -0.810. The van der Waals surface area contributed by atoms with Crippen LogP contribution in [0.2, 0.25) is 0 Å². The van der Waals surface area contributed by atoms with Gasteiger partial charge in [-0.1, -0.05) is 0 Å². The normalized spacial score (nSPS) is 32.4. The maximum atomic E-state index is 12.2. The molecule has 2 rings (SSSR count). The monoisotopic (exact) mass is 270 g/mol. The maximum Gasteiger partial charge on any atom is 0.410 e. The fourth-order valence-corrected chi connectivity index (χ4v) is 2.96. The van der Waals surface area contributed by atoms with Crippen LogP contribution >= 0.6 is 0 Å². The van der Waals surface area contributed by atoms with Crippen molar-refractivity contribution in [1.29, 1.82) is 0 Å². The van der Waals surface area contributed by atoms with E-state index in [1.807, 2.05) is 20.8 Å². The van der Waals surface area contributed by atoms with Crippen LogP contribution in [0.25, 0.3) is 0 Å². The first-order valence-corrected chi connectivity index (χ1v) is 7.14. The zero-order valence-corrected chi connectivity index (χ0v) is 12.3. The average molecular weight is 270 g/mol. The molecular formula is C14H26N2O3. The molecule has 1 amide bonds. The van der Waals surface area contributed by atoms with Gasteiger partial charge in [-0.2, -0.15) is 0 Å². The summed E-state index contributed by atoms with van der Waals surface area (Å²) in [6.45, 7) is 8.47. The summed E-state index contributed by atoms with van der Waals surface area (Å²) in [7, 11) is 0. The van der Waals surface area contributed by atoms with Gasteiger partial charge in [0.15, 0.2) is 0 Å². The van der Waals surface area contributed by atoms with Gasteiger partial charge in [0.25, 0.3) is 0 Å². The highest BCUT2D eigenvalue weighted by atomic mass is 16.6. The minimum absolute atomic E-state index is 0.0760. The molecule has 0 aliphatic carbocycles. The number of likely N-dealkylation sites (tertiary alicyclic amines) is 1. The number of hydrogen-bond acceptors (Lipinski definition) is 4.